The van der Waals surface area contributed by atoms with Gasteiger partial charge < -0.3 is 10.2 Å². The lowest BCUT2D eigenvalue weighted by atomic mass is 10.1. The zero-order chi connectivity index (χ0) is 23.7. The quantitative estimate of drug-likeness (QED) is 0.210. The Labute approximate surface area is 189 Å². The second-order valence-electron chi connectivity index (χ2n) is 7.28. The molecule has 0 saturated carbocycles. The van der Waals surface area contributed by atoms with E-state index in [0.29, 0.717) is 12.3 Å². The molecule has 0 saturated heterocycles. The van der Waals surface area contributed by atoms with Crippen molar-refractivity contribution < 1.29 is 4.79 Å². The highest BCUT2D eigenvalue weighted by Gasteiger charge is 2.16. The van der Waals surface area contributed by atoms with Crippen molar-refractivity contribution in [1.82, 2.24) is 10.2 Å². The van der Waals surface area contributed by atoms with Gasteiger partial charge in [-0.15, -0.1) is 0 Å². The van der Waals surface area contributed by atoms with Crippen LogP contribution in [0.2, 0.25) is 0 Å². The number of hydrogen-bond acceptors (Lipinski definition) is 3. The highest BCUT2D eigenvalue weighted by molar-refractivity contribution is 6.31. The van der Waals surface area contributed by atoms with E-state index in [9.17, 15) is 4.79 Å². The molecule has 0 aromatic heterocycles. The Morgan fingerprint density at radius 2 is 1.93 bits per heavy atom. The van der Waals surface area contributed by atoms with Gasteiger partial charge in [0.1, 0.15) is 5.84 Å². The number of hydrogen-bond donors (Lipinski definition) is 3. The zero-order valence-electron chi connectivity index (χ0n) is 20.0. The van der Waals surface area contributed by atoms with E-state index in [4.69, 9.17) is 22.4 Å². The Kier molecular flexibility index (Phi) is 17.8. The molecule has 0 bridgehead atoms. The van der Waals surface area contributed by atoms with Crippen LogP contribution in [0.3, 0.4) is 0 Å². The predicted molar refractivity (Wildman–Crippen MR) is 131 cm³/mol. The van der Waals surface area contributed by atoms with Crippen molar-refractivity contribution in [2.75, 3.05) is 0 Å². The number of nitrogens with zero attached hydrogens (tertiary/aromatic N) is 1. The first-order valence-electron chi connectivity index (χ1n) is 10.8. The SMILES string of the molecule is CC.CC1=C(Cl)C=CCCC1NC=O.CCCC(=N)N(C(=N)C#CC(C)C)C(C)C. The maximum atomic E-state index is 10.2. The van der Waals surface area contributed by atoms with Crippen molar-refractivity contribution in [3.63, 3.8) is 0 Å². The summed E-state index contributed by atoms with van der Waals surface area (Å²) in [5.74, 6) is 6.77. The summed E-state index contributed by atoms with van der Waals surface area (Å²) in [6, 6.07) is 0.220. The minimum Gasteiger partial charge on any atom is -0.352 e. The molecule has 1 aliphatic carbocycles. The summed E-state index contributed by atoms with van der Waals surface area (Å²) in [5, 5.41) is 19.3. The topological polar surface area (TPSA) is 80.0 Å². The lowest BCUT2D eigenvalue weighted by molar-refractivity contribution is -0.110. The van der Waals surface area contributed by atoms with Gasteiger partial charge in [-0.05, 0) is 57.6 Å². The van der Waals surface area contributed by atoms with E-state index in [2.05, 4.69) is 17.2 Å². The van der Waals surface area contributed by atoms with E-state index in [1.54, 1.807) is 4.90 Å². The molecule has 0 radical (unpaired) electrons. The standard InChI is InChI=1S/C13H23N3.C9H12ClNO.C2H6/c1-6-7-12(14)16(11(4)5)13(15)9-8-10(2)3;1-7-8(10)4-2-3-5-9(7)11-6-12;1-2/h10-11,14-15H,6-7H2,1-5H3;2,4,6,9H,3,5H2,1H3,(H,11,12);1-2H3. The third kappa shape index (κ3) is 12.5. The molecule has 170 valence electrons. The number of nitrogens with one attached hydrogen (secondary N) is 3. The largest absolute Gasteiger partial charge is 0.352 e. The van der Waals surface area contributed by atoms with E-state index in [1.807, 2.05) is 67.5 Å². The smallest absolute Gasteiger partial charge is 0.207 e. The van der Waals surface area contributed by atoms with E-state index in [0.717, 1.165) is 36.3 Å². The van der Waals surface area contributed by atoms with Crippen molar-refractivity contribution in [2.45, 2.75) is 93.2 Å². The van der Waals surface area contributed by atoms with Crippen LogP contribution < -0.4 is 5.32 Å². The third-order valence-electron chi connectivity index (χ3n) is 4.07. The molecule has 6 heteroatoms. The summed E-state index contributed by atoms with van der Waals surface area (Å²) in [4.78, 5) is 11.9. The van der Waals surface area contributed by atoms with Gasteiger partial charge in [0.25, 0.3) is 0 Å². The fraction of sp³-hybridized carbons (Fsp3) is 0.625. The van der Waals surface area contributed by atoms with Gasteiger partial charge in [-0.3, -0.25) is 15.6 Å². The lowest BCUT2D eigenvalue weighted by Crippen LogP contribution is -2.40. The van der Waals surface area contributed by atoms with Gasteiger partial charge >= 0.3 is 0 Å². The summed E-state index contributed by atoms with van der Waals surface area (Å²) in [5.41, 5.74) is 1.04. The second-order valence-corrected chi connectivity index (χ2v) is 7.69. The molecule has 0 aliphatic heterocycles. The molecular formula is C24H41ClN4O. The number of rotatable bonds is 5. The van der Waals surface area contributed by atoms with E-state index < -0.39 is 0 Å². The Bertz CT molecular complexity index is 654. The summed E-state index contributed by atoms with van der Waals surface area (Å²) in [7, 11) is 0. The van der Waals surface area contributed by atoms with Crippen LogP contribution in [0.1, 0.15) is 81.1 Å². The maximum Gasteiger partial charge on any atom is 0.207 e. The van der Waals surface area contributed by atoms with Gasteiger partial charge in [0, 0.05) is 23.4 Å². The molecule has 3 N–H and O–H groups in total. The lowest BCUT2D eigenvalue weighted by Gasteiger charge is -2.26. The van der Waals surface area contributed by atoms with Gasteiger partial charge in [0.15, 0.2) is 5.84 Å². The van der Waals surface area contributed by atoms with Crippen LogP contribution in [0.4, 0.5) is 0 Å². The molecule has 1 amide bonds. The van der Waals surface area contributed by atoms with Gasteiger partial charge in [0.05, 0.1) is 6.04 Å². The van der Waals surface area contributed by atoms with Crippen LogP contribution >= 0.6 is 11.6 Å². The van der Waals surface area contributed by atoms with Crippen molar-refractivity contribution in [1.29, 1.82) is 10.8 Å². The summed E-state index contributed by atoms with van der Waals surface area (Å²) in [6.07, 6.45) is 8.15. The number of allylic oxidation sites excluding steroid dienone is 3. The van der Waals surface area contributed by atoms with Crippen molar-refractivity contribution in [2.24, 2.45) is 5.92 Å². The minimum atomic E-state index is 0.102. The molecule has 0 heterocycles. The normalized spacial score (nSPS) is 15.0. The summed E-state index contributed by atoms with van der Waals surface area (Å²) < 4.78 is 0. The van der Waals surface area contributed by atoms with E-state index in [1.165, 1.54) is 0 Å². The highest BCUT2D eigenvalue weighted by atomic mass is 35.5. The number of amides is 1. The van der Waals surface area contributed by atoms with Gasteiger partial charge in [-0.2, -0.15) is 0 Å². The molecule has 0 fully saturated rings. The molecule has 1 unspecified atom stereocenters. The van der Waals surface area contributed by atoms with Crippen LogP contribution in [0, 0.1) is 28.6 Å². The van der Waals surface area contributed by atoms with Gasteiger partial charge in [0.2, 0.25) is 6.41 Å². The summed E-state index contributed by atoms with van der Waals surface area (Å²) >= 11 is 5.94. The predicted octanol–water partition coefficient (Wildman–Crippen LogP) is 6.10. The number of halogens is 1. The van der Waals surface area contributed by atoms with E-state index in [-0.39, 0.29) is 23.8 Å². The van der Waals surface area contributed by atoms with Crippen molar-refractivity contribution in [3.05, 3.63) is 22.8 Å². The number of carbonyl (C=O) groups is 1. The van der Waals surface area contributed by atoms with Crippen LogP contribution in [0.15, 0.2) is 22.8 Å². The maximum absolute atomic E-state index is 10.2. The van der Waals surface area contributed by atoms with Crippen molar-refractivity contribution in [3.8, 4) is 11.8 Å². The Balaban J connectivity index is 0. The third-order valence-corrected chi connectivity index (χ3v) is 4.49. The fourth-order valence-electron chi connectivity index (χ4n) is 2.59. The second kappa shape index (κ2) is 17.8. The average Bonchev–Trinajstić information content (AvgIpc) is 2.84. The van der Waals surface area contributed by atoms with Gasteiger partial charge in [-0.25, -0.2) is 0 Å². The van der Waals surface area contributed by atoms with E-state index >= 15 is 0 Å². The molecular weight excluding hydrogens is 396 g/mol. The van der Waals surface area contributed by atoms with Crippen LogP contribution in [0.5, 0.6) is 0 Å². The number of carbonyl (C=O) groups excluding carboxylic acids is 1. The molecule has 0 aromatic rings. The molecule has 0 aromatic carbocycles. The zero-order valence-corrected chi connectivity index (χ0v) is 20.8. The van der Waals surface area contributed by atoms with Gasteiger partial charge in [-0.1, -0.05) is 58.2 Å². The molecule has 0 spiro atoms. The van der Waals surface area contributed by atoms with Crippen LogP contribution in [-0.4, -0.2) is 35.1 Å². The van der Waals surface area contributed by atoms with Crippen LogP contribution in [0.25, 0.3) is 0 Å². The Morgan fingerprint density at radius 3 is 2.40 bits per heavy atom. The Hall–Kier alpha value is -2.06. The van der Waals surface area contributed by atoms with Crippen molar-refractivity contribution >= 4 is 29.7 Å². The first-order valence-corrected chi connectivity index (χ1v) is 11.2. The van der Waals surface area contributed by atoms with Crippen LogP contribution in [-0.2, 0) is 4.79 Å². The molecule has 1 atom stereocenters. The molecule has 1 rings (SSSR count). The molecule has 1 aliphatic rings. The first-order chi connectivity index (χ1) is 14.1. The Morgan fingerprint density at radius 1 is 1.33 bits per heavy atom. The minimum absolute atomic E-state index is 0.102. The monoisotopic (exact) mass is 436 g/mol. The number of amidine groups is 2. The molecule has 5 nitrogen and oxygen atoms in total. The summed E-state index contributed by atoms with van der Waals surface area (Å²) in [6.45, 7) is 15.9. The average molecular weight is 437 g/mol. The highest BCUT2D eigenvalue weighted by Crippen LogP contribution is 2.21. The fourth-order valence-corrected chi connectivity index (χ4v) is 2.81. The first kappa shape index (κ1) is 30.1. The molecule has 30 heavy (non-hydrogen) atoms.